The minimum atomic E-state index is -0.474. The lowest BCUT2D eigenvalue weighted by molar-refractivity contribution is -0.136. The predicted octanol–water partition coefficient (Wildman–Crippen LogP) is 5.02. The van der Waals surface area contributed by atoms with Crippen molar-refractivity contribution < 1.29 is 14.3 Å². The van der Waals surface area contributed by atoms with Gasteiger partial charge in [0.2, 0.25) is 0 Å². The molecule has 0 aliphatic heterocycles. The van der Waals surface area contributed by atoms with Gasteiger partial charge in [0.05, 0.1) is 11.1 Å². The van der Waals surface area contributed by atoms with E-state index in [-0.39, 0.29) is 29.5 Å². The highest BCUT2D eigenvalue weighted by Gasteiger charge is 2.70. The summed E-state index contributed by atoms with van der Waals surface area (Å²) in [5, 5.41) is 19.0. The van der Waals surface area contributed by atoms with Crippen LogP contribution in [0.25, 0.3) is 11.0 Å². The molecule has 0 bridgehead atoms. The van der Waals surface area contributed by atoms with E-state index in [4.69, 9.17) is 0 Å². The second kappa shape index (κ2) is 7.11. The maximum atomic E-state index is 13.8. The van der Waals surface area contributed by atoms with E-state index in [1.807, 2.05) is 6.92 Å². The van der Waals surface area contributed by atoms with Gasteiger partial charge in [-0.2, -0.15) is 0 Å². The average Bonchev–Trinajstić information content (AvgIpc) is 3.35. The van der Waals surface area contributed by atoms with Crippen LogP contribution >= 0.6 is 0 Å². The summed E-state index contributed by atoms with van der Waals surface area (Å²) in [6, 6.07) is 4.46. The minimum Gasteiger partial charge on any atom is -0.390 e. The van der Waals surface area contributed by atoms with Gasteiger partial charge in [-0.3, -0.25) is 4.79 Å². The van der Waals surface area contributed by atoms with E-state index < -0.39 is 5.60 Å². The van der Waals surface area contributed by atoms with Crippen molar-refractivity contribution in [1.82, 2.24) is 15.0 Å². The Morgan fingerprint density at radius 1 is 1.09 bits per heavy atom. The summed E-state index contributed by atoms with van der Waals surface area (Å²) in [6.45, 7) is 4.64. The van der Waals surface area contributed by atoms with Crippen LogP contribution in [-0.2, 0) is 11.3 Å². The van der Waals surface area contributed by atoms with Crippen LogP contribution in [0.5, 0.6) is 0 Å². The molecule has 1 N–H and O–H groups in total. The first kappa shape index (κ1) is 21.5. The maximum Gasteiger partial charge on any atom is 0.158 e. The molecule has 182 valence electrons. The molecule has 10 unspecified atom stereocenters. The zero-order valence-electron chi connectivity index (χ0n) is 20.3. The van der Waals surface area contributed by atoms with E-state index in [2.05, 4.69) is 17.2 Å². The number of rotatable bonds is 3. The number of aromatic nitrogens is 3. The molecule has 6 heteroatoms. The van der Waals surface area contributed by atoms with Crippen LogP contribution in [0.4, 0.5) is 4.39 Å². The number of aliphatic hydroxyl groups is 1. The lowest BCUT2D eigenvalue weighted by Gasteiger charge is -2.57. The van der Waals surface area contributed by atoms with Gasteiger partial charge in [0.1, 0.15) is 17.9 Å². The molecule has 5 saturated carbocycles. The maximum absolute atomic E-state index is 13.8. The van der Waals surface area contributed by atoms with Crippen LogP contribution in [-0.4, -0.2) is 31.5 Å². The van der Waals surface area contributed by atoms with Crippen LogP contribution in [0.15, 0.2) is 18.2 Å². The van der Waals surface area contributed by atoms with Gasteiger partial charge >= 0.3 is 0 Å². The molecule has 34 heavy (non-hydrogen) atoms. The number of halogens is 1. The van der Waals surface area contributed by atoms with Gasteiger partial charge in [-0.1, -0.05) is 12.1 Å². The third-order valence-corrected chi connectivity index (χ3v) is 11.2. The smallest absolute Gasteiger partial charge is 0.158 e. The Morgan fingerprint density at radius 3 is 2.76 bits per heavy atom. The molecule has 5 nitrogen and oxygen atoms in total. The molecular weight excluding hydrogens is 429 g/mol. The third-order valence-electron chi connectivity index (χ3n) is 11.2. The summed E-state index contributed by atoms with van der Waals surface area (Å²) in [6.07, 6.45) is 9.21. The first-order valence-corrected chi connectivity index (χ1v) is 13.5. The van der Waals surface area contributed by atoms with Gasteiger partial charge in [0.15, 0.2) is 5.78 Å². The number of carbonyl (C=O) groups excluding carboxylic acids is 1. The number of ketones is 1. The Balaban J connectivity index is 1.14. The summed E-state index contributed by atoms with van der Waals surface area (Å²) in [5.74, 6) is 4.93. The molecule has 10 atom stereocenters. The summed E-state index contributed by atoms with van der Waals surface area (Å²) >= 11 is 0. The van der Waals surface area contributed by atoms with Crippen molar-refractivity contribution in [1.29, 1.82) is 0 Å². The Labute approximate surface area is 200 Å². The van der Waals surface area contributed by atoms with Gasteiger partial charge in [-0.25, -0.2) is 9.07 Å². The molecule has 1 aromatic carbocycles. The van der Waals surface area contributed by atoms with Crippen LogP contribution in [0.2, 0.25) is 0 Å². The number of hydrogen-bond donors (Lipinski definition) is 1. The number of carbonyl (C=O) groups is 1. The highest BCUT2D eigenvalue weighted by Crippen LogP contribution is 2.74. The molecule has 5 aliphatic rings. The first-order valence-electron chi connectivity index (χ1n) is 13.5. The van der Waals surface area contributed by atoms with Crippen molar-refractivity contribution in [3.05, 3.63) is 24.0 Å². The number of Topliss-reactive ketones (excluding diaryl/α,β-unsaturated/α-hetero) is 1. The SMILES string of the molecule is CC1(O)CCC2C(CCC3C2CCC2(C)C(C(=O)Cn4nnc5ccc(F)cc54)C4CC4C32)C1. The van der Waals surface area contributed by atoms with Crippen LogP contribution in [0.3, 0.4) is 0 Å². The van der Waals surface area contributed by atoms with Crippen molar-refractivity contribution >= 4 is 16.8 Å². The Bertz CT molecular complexity index is 1160. The third kappa shape index (κ3) is 3.02. The quantitative estimate of drug-likeness (QED) is 0.692. The highest BCUT2D eigenvalue weighted by atomic mass is 19.1. The van der Waals surface area contributed by atoms with Crippen LogP contribution in [0, 0.1) is 58.6 Å². The van der Waals surface area contributed by atoms with Gasteiger partial charge < -0.3 is 5.11 Å². The number of benzene rings is 1. The Hall–Kier alpha value is -1.82. The number of hydrogen-bond acceptors (Lipinski definition) is 4. The summed E-state index contributed by atoms with van der Waals surface area (Å²) in [5.41, 5.74) is 0.854. The molecule has 0 radical (unpaired) electrons. The molecule has 1 aromatic heterocycles. The lowest BCUT2D eigenvalue weighted by Crippen LogP contribution is -2.52. The monoisotopic (exact) mass is 465 g/mol. The van der Waals surface area contributed by atoms with Gasteiger partial charge in [-0.05, 0) is 117 Å². The van der Waals surface area contributed by atoms with Crippen molar-refractivity contribution in [3.8, 4) is 0 Å². The first-order chi connectivity index (χ1) is 16.2. The molecule has 2 aromatic rings. The molecule has 1 heterocycles. The second-order valence-corrected chi connectivity index (χ2v) is 13.0. The summed E-state index contributed by atoms with van der Waals surface area (Å²) in [4.78, 5) is 13.8. The van der Waals surface area contributed by atoms with E-state index in [0.29, 0.717) is 34.7 Å². The van der Waals surface area contributed by atoms with Gasteiger partial charge in [0, 0.05) is 12.0 Å². The van der Waals surface area contributed by atoms with Gasteiger partial charge in [0.25, 0.3) is 0 Å². The topological polar surface area (TPSA) is 68.0 Å². The van der Waals surface area contributed by atoms with Gasteiger partial charge in [-0.15, -0.1) is 5.10 Å². The fraction of sp³-hybridized carbons (Fsp3) is 0.750. The average molecular weight is 466 g/mol. The zero-order chi connectivity index (χ0) is 23.4. The minimum absolute atomic E-state index is 0.0838. The van der Waals surface area contributed by atoms with Crippen molar-refractivity contribution in [2.24, 2.45) is 52.8 Å². The Morgan fingerprint density at radius 2 is 1.91 bits per heavy atom. The highest BCUT2D eigenvalue weighted by molar-refractivity contribution is 5.85. The molecule has 0 spiro atoms. The fourth-order valence-electron chi connectivity index (χ4n) is 9.95. The predicted molar refractivity (Wildman–Crippen MR) is 126 cm³/mol. The normalized spacial score (nSPS) is 46.9. The van der Waals surface area contributed by atoms with Crippen LogP contribution < -0.4 is 0 Å². The van der Waals surface area contributed by atoms with Crippen LogP contribution in [0.1, 0.15) is 65.2 Å². The zero-order valence-corrected chi connectivity index (χ0v) is 20.3. The molecule has 5 aliphatic carbocycles. The second-order valence-electron chi connectivity index (χ2n) is 13.0. The largest absolute Gasteiger partial charge is 0.390 e. The molecular formula is C28H36FN3O2. The van der Waals surface area contributed by atoms with E-state index in [0.717, 1.165) is 37.0 Å². The summed E-state index contributed by atoms with van der Waals surface area (Å²) in [7, 11) is 0. The van der Waals surface area contributed by atoms with Crippen molar-refractivity contribution in [2.45, 2.75) is 77.4 Å². The summed E-state index contributed by atoms with van der Waals surface area (Å²) < 4.78 is 15.4. The standard InChI is InChI=1S/C28H36FN3O2/c1-27(34)9-7-17-15(13-27)3-5-19-18(17)8-10-28(2)25(19)20-12-21(20)26(28)24(33)14-32-23-11-16(29)4-6-22(23)30-31-32/h4,6,11,15,17-21,25-26,34H,3,5,7-10,12-14H2,1-2H3. The van der Waals surface area contributed by atoms with Crippen molar-refractivity contribution in [2.75, 3.05) is 0 Å². The molecule has 0 saturated heterocycles. The lowest BCUT2D eigenvalue weighted by atomic mass is 9.48. The molecule has 5 fully saturated rings. The fourth-order valence-corrected chi connectivity index (χ4v) is 9.95. The van der Waals surface area contributed by atoms with E-state index in [1.54, 1.807) is 10.7 Å². The molecule has 0 amide bonds. The molecule has 7 rings (SSSR count). The number of fused-ring (bicyclic) bond motifs is 8. The number of nitrogens with zero attached hydrogens (tertiary/aromatic N) is 3. The van der Waals surface area contributed by atoms with E-state index >= 15 is 0 Å². The van der Waals surface area contributed by atoms with E-state index in [9.17, 15) is 14.3 Å². The Kier molecular flexibility index (Phi) is 4.49. The van der Waals surface area contributed by atoms with E-state index in [1.165, 1.54) is 44.2 Å². The van der Waals surface area contributed by atoms with Crippen molar-refractivity contribution in [3.63, 3.8) is 0 Å².